The highest BCUT2D eigenvalue weighted by Gasteiger charge is 2.30. The number of carbonyl (C=O) groups excluding carboxylic acids is 1. The topological polar surface area (TPSA) is 99.9 Å². The Morgan fingerprint density at radius 3 is 2.88 bits per heavy atom. The van der Waals surface area contributed by atoms with Gasteiger partial charge in [0.05, 0.1) is 12.2 Å². The number of aromatic amines is 1. The van der Waals surface area contributed by atoms with Crippen LogP contribution >= 0.6 is 0 Å². The standard InChI is InChI=1S/C17H26N6O2/c1-11(14-21-15(22-25-14)17(2,3)4)20-16(24)23-8-6-5-7-13(23)12-9-18-19-10-12/h9-11,13H,5-8H2,1-4H3,(H,18,19)(H,20,24)/t11-,13+/m1/s1. The summed E-state index contributed by atoms with van der Waals surface area (Å²) in [4.78, 5) is 19.1. The van der Waals surface area contributed by atoms with Gasteiger partial charge in [0.1, 0.15) is 6.04 Å². The summed E-state index contributed by atoms with van der Waals surface area (Å²) in [5.41, 5.74) is 0.848. The minimum absolute atomic E-state index is 0.0486. The number of H-pyrrole nitrogens is 1. The average Bonchev–Trinajstić information content (AvgIpc) is 3.26. The van der Waals surface area contributed by atoms with E-state index >= 15 is 0 Å². The van der Waals surface area contributed by atoms with Gasteiger partial charge in [0, 0.05) is 23.7 Å². The molecule has 1 fully saturated rings. The van der Waals surface area contributed by atoms with Crippen LogP contribution in [0.2, 0.25) is 0 Å². The Bertz CT molecular complexity index is 703. The van der Waals surface area contributed by atoms with Crippen molar-refractivity contribution < 1.29 is 9.32 Å². The summed E-state index contributed by atoms with van der Waals surface area (Å²) in [6, 6.07) is -0.413. The highest BCUT2D eigenvalue weighted by molar-refractivity contribution is 5.75. The number of amides is 2. The number of nitrogens with zero attached hydrogens (tertiary/aromatic N) is 4. The lowest BCUT2D eigenvalue weighted by molar-refractivity contribution is 0.147. The summed E-state index contributed by atoms with van der Waals surface area (Å²) in [6.45, 7) is 8.65. The van der Waals surface area contributed by atoms with E-state index in [1.165, 1.54) is 0 Å². The van der Waals surface area contributed by atoms with Crippen LogP contribution < -0.4 is 5.32 Å². The summed E-state index contributed by atoms with van der Waals surface area (Å²) < 4.78 is 5.33. The molecule has 1 saturated heterocycles. The Hall–Kier alpha value is -2.38. The van der Waals surface area contributed by atoms with E-state index in [4.69, 9.17) is 4.52 Å². The number of aromatic nitrogens is 4. The Morgan fingerprint density at radius 2 is 2.24 bits per heavy atom. The third-order valence-electron chi connectivity index (χ3n) is 4.49. The van der Waals surface area contributed by atoms with Crippen LogP contribution in [0.15, 0.2) is 16.9 Å². The van der Waals surface area contributed by atoms with Crippen LogP contribution in [0.25, 0.3) is 0 Å². The number of likely N-dealkylation sites (tertiary alicyclic amines) is 1. The molecule has 0 spiro atoms. The molecule has 2 aromatic heterocycles. The molecule has 8 heteroatoms. The molecule has 1 aliphatic heterocycles. The largest absolute Gasteiger partial charge is 0.337 e. The minimum Gasteiger partial charge on any atom is -0.337 e. The van der Waals surface area contributed by atoms with Crippen molar-refractivity contribution in [3.63, 3.8) is 0 Å². The molecule has 0 radical (unpaired) electrons. The molecule has 2 N–H and O–H groups in total. The number of carbonyl (C=O) groups is 1. The van der Waals surface area contributed by atoms with Crippen molar-refractivity contribution >= 4 is 6.03 Å². The van der Waals surface area contributed by atoms with Crippen LogP contribution in [0.4, 0.5) is 4.79 Å². The molecular formula is C17H26N6O2. The Morgan fingerprint density at radius 1 is 1.44 bits per heavy atom. The van der Waals surface area contributed by atoms with Crippen molar-refractivity contribution in [3.8, 4) is 0 Å². The monoisotopic (exact) mass is 346 g/mol. The van der Waals surface area contributed by atoms with Crippen molar-refractivity contribution in [2.45, 2.75) is 64.5 Å². The Labute approximate surface area is 147 Å². The van der Waals surface area contributed by atoms with Gasteiger partial charge in [-0.25, -0.2) is 4.79 Å². The predicted octanol–water partition coefficient (Wildman–Crippen LogP) is 3.09. The van der Waals surface area contributed by atoms with E-state index in [1.54, 1.807) is 6.20 Å². The zero-order chi connectivity index (χ0) is 18.0. The van der Waals surface area contributed by atoms with Gasteiger partial charge >= 0.3 is 6.03 Å². The van der Waals surface area contributed by atoms with Gasteiger partial charge in [0.2, 0.25) is 5.89 Å². The van der Waals surface area contributed by atoms with Crippen LogP contribution in [0.1, 0.15) is 76.3 Å². The van der Waals surface area contributed by atoms with Gasteiger partial charge in [-0.3, -0.25) is 5.10 Å². The molecule has 136 valence electrons. The highest BCUT2D eigenvalue weighted by Crippen LogP contribution is 2.30. The molecule has 2 aromatic rings. The lowest BCUT2D eigenvalue weighted by Crippen LogP contribution is -2.45. The maximum absolute atomic E-state index is 12.8. The van der Waals surface area contributed by atoms with E-state index in [1.807, 2.05) is 38.8 Å². The second-order valence-corrected chi connectivity index (χ2v) is 7.61. The van der Waals surface area contributed by atoms with E-state index in [-0.39, 0.29) is 23.5 Å². The summed E-state index contributed by atoms with van der Waals surface area (Å²) >= 11 is 0. The van der Waals surface area contributed by atoms with Crippen molar-refractivity contribution in [1.29, 1.82) is 0 Å². The number of hydrogen-bond donors (Lipinski definition) is 2. The van der Waals surface area contributed by atoms with Crippen molar-refractivity contribution in [2.24, 2.45) is 0 Å². The average molecular weight is 346 g/mol. The first kappa shape index (κ1) is 17.4. The second kappa shape index (κ2) is 6.85. The van der Waals surface area contributed by atoms with Crippen LogP contribution in [0, 0.1) is 0 Å². The molecule has 2 amide bonds. The molecular weight excluding hydrogens is 320 g/mol. The summed E-state index contributed by atoms with van der Waals surface area (Å²) in [6.07, 6.45) is 6.69. The first-order valence-electron chi connectivity index (χ1n) is 8.76. The Kier molecular flexibility index (Phi) is 4.78. The van der Waals surface area contributed by atoms with Gasteiger partial charge < -0.3 is 14.7 Å². The first-order valence-corrected chi connectivity index (χ1v) is 8.76. The lowest BCUT2D eigenvalue weighted by Gasteiger charge is -2.35. The molecule has 3 rings (SSSR count). The number of nitrogens with one attached hydrogen (secondary N) is 2. The molecule has 0 aliphatic carbocycles. The SMILES string of the molecule is C[C@@H](NC(=O)N1CCCC[C@H]1c1cn[nH]c1)c1nc(C(C)(C)C)no1. The molecule has 1 aliphatic rings. The predicted molar refractivity (Wildman–Crippen MR) is 91.8 cm³/mol. The molecule has 0 bridgehead atoms. The van der Waals surface area contributed by atoms with Crippen molar-refractivity contribution in [1.82, 2.24) is 30.6 Å². The maximum Gasteiger partial charge on any atom is 0.318 e. The summed E-state index contributed by atoms with van der Waals surface area (Å²) in [5, 5.41) is 13.8. The van der Waals surface area contributed by atoms with E-state index < -0.39 is 0 Å². The molecule has 0 unspecified atom stereocenters. The fraction of sp³-hybridized carbons (Fsp3) is 0.647. The molecule has 3 heterocycles. The van der Waals surface area contributed by atoms with Crippen LogP contribution in [0.5, 0.6) is 0 Å². The molecule has 0 saturated carbocycles. The van der Waals surface area contributed by atoms with Gasteiger partial charge in [-0.15, -0.1) is 0 Å². The first-order chi connectivity index (χ1) is 11.9. The number of hydrogen-bond acceptors (Lipinski definition) is 5. The van der Waals surface area contributed by atoms with Gasteiger partial charge in [0.15, 0.2) is 5.82 Å². The lowest BCUT2D eigenvalue weighted by atomic mass is 9.96. The number of rotatable bonds is 3. The third kappa shape index (κ3) is 3.83. The second-order valence-electron chi connectivity index (χ2n) is 7.61. The highest BCUT2D eigenvalue weighted by atomic mass is 16.5. The molecule has 8 nitrogen and oxygen atoms in total. The number of urea groups is 1. The van der Waals surface area contributed by atoms with Gasteiger partial charge in [0.25, 0.3) is 0 Å². The van der Waals surface area contributed by atoms with Gasteiger partial charge in [-0.05, 0) is 26.2 Å². The van der Waals surface area contributed by atoms with E-state index in [0.717, 1.165) is 31.4 Å². The minimum atomic E-state index is -0.344. The summed E-state index contributed by atoms with van der Waals surface area (Å²) in [7, 11) is 0. The van der Waals surface area contributed by atoms with Crippen LogP contribution in [-0.2, 0) is 5.41 Å². The maximum atomic E-state index is 12.8. The number of piperidine rings is 1. The zero-order valence-corrected chi connectivity index (χ0v) is 15.2. The molecule has 2 atom stereocenters. The van der Waals surface area contributed by atoms with E-state index in [9.17, 15) is 4.79 Å². The van der Waals surface area contributed by atoms with E-state index in [2.05, 4.69) is 25.7 Å². The van der Waals surface area contributed by atoms with Crippen molar-refractivity contribution in [2.75, 3.05) is 6.54 Å². The smallest absolute Gasteiger partial charge is 0.318 e. The zero-order valence-electron chi connectivity index (χ0n) is 15.2. The van der Waals surface area contributed by atoms with Gasteiger partial charge in [-0.1, -0.05) is 25.9 Å². The normalized spacial score (nSPS) is 19.7. The molecule has 0 aromatic carbocycles. The quantitative estimate of drug-likeness (QED) is 0.889. The van der Waals surface area contributed by atoms with Crippen LogP contribution in [0.3, 0.4) is 0 Å². The van der Waals surface area contributed by atoms with Crippen molar-refractivity contribution in [3.05, 3.63) is 29.7 Å². The fourth-order valence-electron chi connectivity index (χ4n) is 3.01. The molecule has 25 heavy (non-hydrogen) atoms. The summed E-state index contributed by atoms with van der Waals surface area (Å²) in [5.74, 6) is 1.06. The fourth-order valence-corrected chi connectivity index (χ4v) is 3.01. The Balaban J connectivity index is 1.69. The third-order valence-corrected chi connectivity index (χ3v) is 4.49. The van der Waals surface area contributed by atoms with Crippen LogP contribution in [-0.4, -0.2) is 37.8 Å². The van der Waals surface area contributed by atoms with E-state index in [0.29, 0.717) is 11.7 Å². The van der Waals surface area contributed by atoms with Gasteiger partial charge in [-0.2, -0.15) is 10.1 Å².